The second kappa shape index (κ2) is 11.9. The molecule has 0 aromatic heterocycles. The molecule has 0 unspecified atom stereocenters. The maximum absolute atomic E-state index is 13.4. The molecule has 0 bridgehead atoms. The van der Waals surface area contributed by atoms with Crippen molar-refractivity contribution in [2.24, 2.45) is 0 Å². The number of fused-ring (bicyclic) bond motifs is 2. The van der Waals surface area contributed by atoms with E-state index in [1.54, 1.807) is 12.1 Å². The minimum atomic E-state index is -5.13. The summed E-state index contributed by atoms with van der Waals surface area (Å²) in [6.07, 6.45) is 0. The number of nitrogen functional groups attached to an aromatic ring is 1. The Morgan fingerprint density at radius 3 is 2.03 bits per heavy atom. The molecule has 3 aromatic rings. The molecular weight excluding hydrogens is 553 g/mol. The predicted octanol–water partition coefficient (Wildman–Crippen LogP) is -0.189. The van der Waals surface area contributed by atoms with Gasteiger partial charge >= 0.3 is 29.6 Å². The van der Waals surface area contributed by atoms with Crippen LogP contribution in [0.3, 0.4) is 0 Å². The summed E-state index contributed by atoms with van der Waals surface area (Å²) in [4.78, 5) is 27.8. The molecule has 200 valence electrons. The van der Waals surface area contributed by atoms with Gasteiger partial charge in [-0.1, -0.05) is 44.2 Å². The van der Waals surface area contributed by atoms with Crippen molar-refractivity contribution in [3.63, 3.8) is 0 Å². The van der Waals surface area contributed by atoms with Crippen molar-refractivity contribution in [1.29, 1.82) is 0 Å². The first kappa shape index (κ1) is 31.0. The van der Waals surface area contributed by atoms with Crippen molar-refractivity contribution in [1.82, 2.24) is 4.90 Å². The Balaban J connectivity index is 0.00000420. The first-order valence-electron chi connectivity index (χ1n) is 11.8. The third kappa shape index (κ3) is 6.12. The minimum Gasteiger partial charge on any atom is -0.744 e. The van der Waals surface area contributed by atoms with Crippen molar-refractivity contribution in [3.8, 4) is 0 Å². The van der Waals surface area contributed by atoms with Gasteiger partial charge in [0.05, 0.1) is 38.0 Å². The van der Waals surface area contributed by atoms with Crippen LogP contribution < -0.4 is 40.6 Å². The molecule has 39 heavy (non-hydrogen) atoms. The quantitative estimate of drug-likeness (QED) is 0.154. The summed E-state index contributed by atoms with van der Waals surface area (Å²) >= 11 is 0. The number of nitrogens with two attached hydrogens (primary N) is 1. The number of carbonyl (C=O) groups excluding carboxylic acids is 2. The van der Waals surface area contributed by atoms with Gasteiger partial charge in [0, 0.05) is 23.4 Å². The van der Waals surface area contributed by atoms with Crippen LogP contribution in [-0.4, -0.2) is 63.2 Å². The van der Waals surface area contributed by atoms with Gasteiger partial charge in [0.15, 0.2) is 21.4 Å². The zero-order valence-corrected chi connectivity index (χ0v) is 25.4. The standard InChI is InChI=1S/C26H27N3O7S2.Na/c1-3-29(4-2)12-13-37(32,33)17-9-7-8-16(14-17)28-20-15-21(38(34,35)36)24(27)23-22(20)25(30)18-10-5-6-11-19(18)26(23)31;/h5-11,14-15,28H,3-4,12-13,27H2,1-2H3,(H,34,35,36);/q;+1/p-1. The maximum atomic E-state index is 13.4. The van der Waals surface area contributed by atoms with Crippen LogP contribution in [0.4, 0.5) is 17.1 Å². The van der Waals surface area contributed by atoms with Crippen molar-refractivity contribution >= 4 is 48.6 Å². The molecule has 10 nitrogen and oxygen atoms in total. The van der Waals surface area contributed by atoms with Crippen LogP contribution in [0, 0.1) is 0 Å². The van der Waals surface area contributed by atoms with E-state index in [-0.39, 0.29) is 68.3 Å². The van der Waals surface area contributed by atoms with E-state index in [2.05, 4.69) is 5.32 Å². The Hall–Kier alpha value is -2.58. The van der Waals surface area contributed by atoms with E-state index in [1.807, 2.05) is 18.7 Å². The molecule has 1 aliphatic carbocycles. The average molecular weight is 580 g/mol. The van der Waals surface area contributed by atoms with E-state index in [9.17, 15) is 31.0 Å². The number of nitrogens with zero attached hydrogens (tertiary/aromatic N) is 1. The molecule has 3 N–H and O–H groups in total. The van der Waals surface area contributed by atoms with Gasteiger partial charge in [-0.25, -0.2) is 16.8 Å². The molecule has 0 aliphatic heterocycles. The molecule has 0 saturated heterocycles. The van der Waals surface area contributed by atoms with Gasteiger partial charge in [-0.05, 0) is 37.4 Å². The van der Waals surface area contributed by atoms with Crippen LogP contribution in [0.5, 0.6) is 0 Å². The van der Waals surface area contributed by atoms with Crippen LogP contribution in [0.1, 0.15) is 45.7 Å². The summed E-state index contributed by atoms with van der Waals surface area (Å²) in [7, 11) is -8.81. The molecule has 0 fully saturated rings. The Morgan fingerprint density at radius 2 is 1.46 bits per heavy atom. The molecule has 0 saturated carbocycles. The van der Waals surface area contributed by atoms with E-state index in [4.69, 9.17) is 5.73 Å². The van der Waals surface area contributed by atoms with E-state index in [0.717, 1.165) is 6.07 Å². The van der Waals surface area contributed by atoms with Crippen LogP contribution in [0.15, 0.2) is 64.4 Å². The summed E-state index contributed by atoms with van der Waals surface area (Å²) in [6.45, 7) is 5.64. The topological polar surface area (TPSA) is 167 Å². The Bertz CT molecular complexity index is 1670. The van der Waals surface area contributed by atoms with Crippen LogP contribution in [-0.2, 0) is 20.0 Å². The number of benzene rings is 3. The largest absolute Gasteiger partial charge is 1.00 e. The van der Waals surface area contributed by atoms with Gasteiger partial charge in [-0.2, -0.15) is 0 Å². The van der Waals surface area contributed by atoms with Gasteiger partial charge in [0.25, 0.3) is 0 Å². The van der Waals surface area contributed by atoms with E-state index in [1.165, 1.54) is 36.4 Å². The monoisotopic (exact) mass is 579 g/mol. The summed E-state index contributed by atoms with van der Waals surface area (Å²) in [5.74, 6) is -1.41. The fourth-order valence-corrected chi connectivity index (χ4v) is 6.39. The zero-order valence-electron chi connectivity index (χ0n) is 21.7. The number of ketones is 2. The van der Waals surface area contributed by atoms with Crippen molar-refractivity contribution < 1.29 is 60.5 Å². The molecule has 0 amide bonds. The number of hydrogen-bond acceptors (Lipinski definition) is 10. The predicted molar refractivity (Wildman–Crippen MR) is 142 cm³/mol. The van der Waals surface area contributed by atoms with Gasteiger partial charge < -0.3 is 20.5 Å². The van der Waals surface area contributed by atoms with Gasteiger partial charge in [0.1, 0.15) is 10.1 Å². The average Bonchev–Trinajstić information content (AvgIpc) is 2.88. The number of carbonyl (C=O) groups is 2. The smallest absolute Gasteiger partial charge is 0.744 e. The summed E-state index contributed by atoms with van der Waals surface area (Å²) < 4.78 is 61.9. The number of anilines is 3. The third-order valence-corrected chi connectivity index (χ3v) is 9.08. The molecule has 4 rings (SSSR count). The molecule has 0 spiro atoms. The fourth-order valence-electron chi connectivity index (χ4n) is 4.43. The number of rotatable bonds is 9. The van der Waals surface area contributed by atoms with Crippen molar-refractivity contribution in [3.05, 3.63) is 76.9 Å². The zero-order chi connectivity index (χ0) is 27.8. The van der Waals surface area contributed by atoms with Crippen LogP contribution >= 0.6 is 0 Å². The molecule has 0 atom stereocenters. The first-order chi connectivity index (χ1) is 17.9. The first-order valence-corrected chi connectivity index (χ1v) is 14.9. The Labute approximate surface area is 249 Å². The number of sulfone groups is 1. The van der Waals surface area contributed by atoms with Gasteiger partial charge in [-0.3, -0.25) is 9.59 Å². The number of hydrogen-bond donors (Lipinski definition) is 2. The molecule has 1 aliphatic rings. The fraction of sp³-hybridized carbons (Fsp3) is 0.231. The Kier molecular flexibility index (Phi) is 9.43. The minimum absolute atomic E-state index is 0. The molecule has 13 heteroatoms. The van der Waals surface area contributed by atoms with Crippen LogP contribution in [0.25, 0.3) is 0 Å². The SMILES string of the molecule is CCN(CC)CCS(=O)(=O)c1cccc(Nc2cc(S(=O)(=O)[O-])c(N)c3c2C(=O)c2ccccc2C3=O)c1.[Na+]. The van der Waals surface area contributed by atoms with Crippen molar-refractivity contribution in [2.45, 2.75) is 23.6 Å². The molecule has 0 heterocycles. The normalized spacial score (nSPS) is 13.0. The third-order valence-electron chi connectivity index (χ3n) is 6.51. The van der Waals surface area contributed by atoms with E-state index < -0.39 is 47.7 Å². The summed E-state index contributed by atoms with van der Waals surface area (Å²) in [6, 6.07) is 12.7. The maximum Gasteiger partial charge on any atom is 1.00 e. The number of nitrogens with one attached hydrogen (secondary N) is 1. The van der Waals surface area contributed by atoms with E-state index >= 15 is 0 Å². The molecular formula is C26H26N3NaO7S2. The van der Waals surface area contributed by atoms with E-state index in [0.29, 0.717) is 19.6 Å². The van der Waals surface area contributed by atoms with Crippen molar-refractivity contribution in [2.75, 3.05) is 36.4 Å². The second-order valence-electron chi connectivity index (χ2n) is 8.74. The molecule has 3 aromatic carbocycles. The van der Waals surface area contributed by atoms with Gasteiger partial charge in [0.2, 0.25) is 0 Å². The summed E-state index contributed by atoms with van der Waals surface area (Å²) in [5, 5.41) is 2.85. The molecule has 0 radical (unpaired) electrons. The Morgan fingerprint density at radius 1 is 0.872 bits per heavy atom. The summed E-state index contributed by atoms with van der Waals surface area (Å²) in [5.41, 5.74) is 4.93. The van der Waals surface area contributed by atoms with Gasteiger partial charge in [-0.15, -0.1) is 0 Å². The second-order valence-corrected chi connectivity index (χ2v) is 12.2. The van der Waals surface area contributed by atoms with Crippen LogP contribution in [0.2, 0.25) is 0 Å².